The van der Waals surface area contributed by atoms with E-state index >= 15 is 0 Å². The molecule has 6 heteroatoms. The van der Waals surface area contributed by atoms with Gasteiger partial charge in [-0.1, -0.05) is 18.2 Å². The van der Waals surface area contributed by atoms with E-state index in [-0.39, 0.29) is 17.3 Å². The van der Waals surface area contributed by atoms with Crippen molar-refractivity contribution in [3.63, 3.8) is 0 Å². The van der Waals surface area contributed by atoms with Crippen molar-refractivity contribution in [2.24, 2.45) is 0 Å². The number of benzene rings is 2. The monoisotopic (exact) mass is 306 g/mol. The molecule has 0 aliphatic carbocycles. The van der Waals surface area contributed by atoms with Crippen LogP contribution in [0.3, 0.4) is 0 Å². The van der Waals surface area contributed by atoms with Crippen LogP contribution in [0.15, 0.2) is 42.5 Å². The predicted molar refractivity (Wildman–Crippen MR) is 79.9 cm³/mol. The fraction of sp³-hybridized carbons (Fsp3) is 0.133. The summed E-state index contributed by atoms with van der Waals surface area (Å²) in [5.41, 5.74) is 7.12. The van der Waals surface area contributed by atoms with Crippen molar-refractivity contribution < 1.29 is 13.6 Å². The number of halogens is 2. The molecule has 1 aliphatic rings. The maximum absolute atomic E-state index is 14.0. The van der Waals surface area contributed by atoms with E-state index in [0.717, 1.165) is 23.8 Å². The zero-order valence-corrected chi connectivity index (χ0v) is 11.7. The molecule has 2 aromatic rings. The van der Waals surface area contributed by atoms with Gasteiger partial charge < -0.3 is 5.73 Å². The standard InChI is InChI=1S/C15H12F2N2OS/c16-9-5-6-11(17)13(7-9)19-14(20)8-21-15(19)10-3-1-2-4-12(10)18/h1-7,15H,8,18H2/t15-/m0/s1. The quantitative estimate of drug-likeness (QED) is 0.866. The van der Waals surface area contributed by atoms with E-state index in [1.807, 2.05) is 0 Å². The van der Waals surface area contributed by atoms with E-state index in [9.17, 15) is 13.6 Å². The molecule has 0 aromatic heterocycles. The fourth-order valence-electron chi connectivity index (χ4n) is 2.32. The Morgan fingerprint density at radius 3 is 2.71 bits per heavy atom. The van der Waals surface area contributed by atoms with E-state index in [4.69, 9.17) is 5.73 Å². The van der Waals surface area contributed by atoms with E-state index in [1.54, 1.807) is 24.3 Å². The Morgan fingerprint density at radius 2 is 1.95 bits per heavy atom. The highest BCUT2D eigenvalue weighted by atomic mass is 32.2. The molecule has 0 unspecified atom stereocenters. The van der Waals surface area contributed by atoms with Crippen LogP contribution in [0.2, 0.25) is 0 Å². The molecule has 2 N–H and O–H groups in total. The summed E-state index contributed by atoms with van der Waals surface area (Å²) in [6.45, 7) is 0. The molecule has 1 fully saturated rings. The number of amides is 1. The Labute approximate surface area is 124 Å². The van der Waals surface area contributed by atoms with Gasteiger partial charge in [0, 0.05) is 17.3 Å². The van der Waals surface area contributed by atoms with Crippen molar-refractivity contribution >= 4 is 29.0 Å². The second-order valence-electron chi connectivity index (χ2n) is 4.65. The normalized spacial score (nSPS) is 18.3. The summed E-state index contributed by atoms with van der Waals surface area (Å²) in [5.74, 6) is -1.28. The van der Waals surface area contributed by atoms with Crippen molar-refractivity contribution in [1.82, 2.24) is 0 Å². The van der Waals surface area contributed by atoms with Crippen molar-refractivity contribution in [3.8, 4) is 0 Å². The molecule has 3 rings (SSSR count). The number of nitrogen functional groups attached to an aromatic ring is 1. The third-order valence-corrected chi connectivity index (χ3v) is 4.49. The maximum atomic E-state index is 14.0. The molecule has 1 amide bonds. The topological polar surface area (TPSA) is 46.3 Å². The third kappa shape index (κ3) is 2.47. The van der Waals surface area contributed by atoms with Gasteiger partial charge in [-0.15, -0.1) is 11.8 Å². The highest BCUT2D eigenvalue weighted by molar-refractivity contribution is 8.00. The number of carbonyl (C=O) groups is 1. The van der Waals surface area contributed by atoms with Crippen LogP contribution in [0.5, 0.6) is 0 Å². The largest absolute Gasteiger partial charge is 0.398 e. The molecule has 108 valence electrons. The Kier molecular flexibility index (Phi) is 3.55. The van der Waals surface area contributed by atoms with Gasteiger partial charge in [-0.05, 0) is 18.2 Å². The summed E-state index contributed by atoms with van der Waals surface area (Å²) in [6, 6.07) is 10.2. The third-order valence-electron chi connectivity index (χ3n) is 3.30. The summed E-state index contributed by atoms with van der Waals surface area (Å²) in [5, 5.41) is -0.449. The Hall–Kier alpha value is -2.08. The zero-order chi connectivity index (χ0) is 15.0. The summed E-state index contributed by atoms with van der Waals surface area (Å²) in [6.07, 6.45) is 0. The number of carbonyl (C=O) groups excluding carboxylic acids is 1. The van der Waals surface area contributed by atoms with Gasteiger partial charge in [-0.2, -0.15) is 0 Å². The molecule has 21 heavy (non-hydrogen) atoms. The van der Waals surface area contributed by atoms with Gasteiger partial charge in [-0.3, -0.25) is 9.69 Å². The Bertz CT molecular complexity index is 708. The first-order valence-corrected chi connectivity index (χ1v) is 7.36. The van der Waals surface area contributed by atoms with Gasteiger partial charge in [0.25, 0.3) is 0 Å². The van der Waals surface area contributed by atoms with Crippen molar-refractivity contribution in [3.05, 3.63) is 59.7 Å². The number of hydrogen-bond donors (Lipinski definition) is 1. The van der Waals surface area contributed by atoms with E-state index < -0.39 is 17.0 Å². The number of hydrogen-bond acceptors (Lipinski definition) is 3. The highest BCUT2D eigenvalue weighted by Crippen LogP contribution is 2.44. The SMILES string of the molecule is Nc1ccccc1[C@@H]1SCC(=O)N1c1cc(F)ccc1F. The molecule has 1 atom stereocenters. The lowest BCUT2D eigenvalue weighted by atomic mass is 10.1. The van der Waals surface area contributed by atoms with Crippen LogP contribution >= 0.6 is 11.8 Å². The predicted octanol–water partition coefficient (Wildman–Crippen LogP) is 3.33. The van der Waals surface area contributed by atoms with Crippen LogP contribution in [-0.4, -0.2) is 11.7 Å². The van der Waals surface area contributed by atoms with Gasteiger partial charge in [0.05, 0.1) is 11.4 Å². The zero-order valence-electron chi connectivity index (χ0n) is 10.9. The lowest BCUT2D eigenvalue weighted by Gasteiger charge is -2.25. The molecule has 2 aromatic carbocycles. The van der Waals surface area contributed by atoms with E-state index in [1.165, 1.54) is 16.7 Å². The molecule has 0 saturated carbocycles. The van der Waals surface area contributed by atoms with Crippen LogP contribution in [0, 0.1) is 11.6 Å². The minimum Gasteiger partial charge on any atom is -0.398 e. The van der Waals surface area contributed by atoms with Crippen molar-refractivity contribution in [2.45, 2.75) is 5.37 Å². The maximum Gasteiger partial charge on any atom is 0.238 e. The number of nitrogens with two attached hydrogens (primary N) is 1. The highest BCUT2D eigenvalue weighted by Gasteiger charge is 2.36. The van der Waals surface area contributed by atoms with Gasteiger partial charge >= 0.3 is 0 Å². The second-order valence-corrected chi connectivity index (χ2v) is 5.72. The van der Waals surface area contributed by atoms with Crippen molar-refractivity contribution in [2.75, 3.05) is 16.4 Å². The molecule has 0 spiro atoms. The average Bonchev–Trinajstić information content (AvgIpc) is 2.84. The van der Waals surface area contributed by atoms with Crippen LogP contribution in [0.1, 0.15) is 10.9 Å². The molecule has 1 heterocycles. The Morgan fingerprint density at radius 1 is 1.19 bits per heavy atom. The molecule has 0 radical (unpaired) electrons. The molecule has 1 aliphatic heterocycles. The fourth-order valence-corrected chi connectivity index (χ4v) is 3.53. The van der Waals surface area contributed by atoms with E-state index in [2.05, 4.69) is 0 Å². The second kappa shape index (κ2) is 5.37. The first kappa shape index (κ1) is 13.9. The Balaban J connectivity index is 2.08. The summed E-state index contributed by atoms with van der Waals surface area (Å²) in [7, 11) is 0. The number of para-hydroxylation sites is 1. The summed E-state index contributed by atoms with van der Waals surface area (Å²) in [4.78, 5) is 13.4. The minimum atomic E-state index is -0.633. The minimum absolute atomic E-state index is 0.0572. The number of anilines is 2. The average molecular weight is 306 g/mol. The van der Waals surface area contributed by atoms with Crippen molar-refractivity contribution in [1.29, 1.82) is 0 Å². The molecule has 0 bridgehead atoms. The number of rotatable bonds is 2. The lowest BCUT2D eigenvalue weighted by molar-refractivity contribution is -0.115. The van der Waals surface area contributed by atoms with Gasteiger partial charge in [0.2, 0.25) is 5.91 Å². The molecular formula is C15H12F2N2OS. The van der Waals surface area contributed by atoms with Crippen LogP contribution in [-0.2, 0) is 4.79 Å². The van der Waals surface area contributed by atoms with Gasteiger partial charge in [-0.25, -0.2) is 8.78 Å². The molecule has 3 nitrogen and oxygen atoms in total. The number of thioether (sulfide) groups is 1. The van der Waals surface area contributed by atoms with Gasteiger partial charge in [0.15, 0.2) is 0 Å². The summed E-state index contributed by atoms with van der Waals surface area (Å²) >= 11 is 1.34. The molecular weight excluding hydrogens is 294 g/mol. The first-order valence-electron chi connectivity index (χ1n) is 6.31. The smallest absolute Gasteiger partial charge is 0.238 e. The van der Waals surface area contributed by atoms with Gasteiger partial charge in [0.1, 0.15) is 17.0 Å². The molecule has 1 saturated heterocycles. The lowest BCUT2D eigenvalue weighted by Crippen LogP contribution is -2.29. The summed E-state index contributed by atoms with van der Waals surface area (Å²) < 4.78 is 27.4. The van der Waals surface area contributed by atoms with Crippen LogP contribution in [0.25, 0.3) is 0 Å². The number of nitrogens with zero attached hydrogens (tertiary/aromatic N) is 1. The van der Waals surface area contributed by atoms with E-state index in [0.29, 0.717) is 5.69 Å². The van der Waals surface area contributed by atoms with Crippen LogP contribution in [0.4, 0.5) is 20.2 Å². The first-order chi connectivity index (χ1) is 10.1. The van der Waals surface area contributed by atoms with Crippen LogP contribution < -0.4 is 10.6 Å².